The summed E-state index contributed by atoms with van der Waals surface area (Å²) in [6, 6.07) is 5.87. The highest BCUT2D eigenvalue weighted by atomic mass is 127. The standard InChI is InChI=1S/C10H9IN2O/c11-9-2-1-4-12-10(9)13-6-8-3-5-14-7-8/h1-5,7H,6H2,(H,12,13). The van der Waals surface area contributed by atoms with E-state index in [1.54, 1.807) is 18.7 Å². The van der Waals surface area contributed by atoms with Gasteiger partial charge in [0.1, 0.15) is 5.82 Å². The van der Waals surface area contributed by atoms with Gasteiger partial charge < -0.3 is 9.73 Å². The van der Waals surface area contributed by atoms with Crippen molar-refractivity contribution >= 4 is 28.4 Å². The minimum Gasteiger partial charge on any atom is -0.472 e. The largest absolute Gasteiger partial charge is 0.472 e. The van der Waals surface area contributed by atoms with Gasteiger partial charge in [0.05, 0.1) is 16.1 Å². The van der Waals surface area contributed by atoms with Gasteiger partial charge in [-0.2, -0.15) is 0 Å². The highest BCUT2D eigenvalue weighted by Gasteiger charge is 1.99. The van der Waals surface area contributed by atoms with Crippen LogP contribution in [0.4, 0.5) is 5.82 Å². The third-order valence-corrected chi connectivity index (χ3v) is 2.67. The average Bonchev–Trinajstić information content (AvgIpc) is 2.69. The Balaban J connectivity index is 2.02. The lowest BCUT2D eigenvalue weighted by molar-refractivity contribution is 0.564. The predicted molar refractivity (Wildman–Crippen MR) is 63.0 cm³/mol. The molecule has 0 aliphatic rings. The van der Waals surface area contributed by atoms with Crippen molar-refractivity contribution in [1.82, 2.24) is 4.98 Å². The molecule has 1 N–H and O–H groups in total. The van der Waals surface area contributed by atoms with E-state index in [9.17, 15) is 0 Å². The number of furan rings is 1. The molecule has 0 unspecified atom stereocenters. The first kappa shape index (κ1) is 9.51. The summed E-state index contributed by atoms with van der Waals surface area (Å²) in [7, 11) is 0. The molecule has 3 nitrogen and oxygen atoms in total. The first-order valence-corrected chi connectivity index (χ1v) is 5.29. The average molecular weight is 300 g/mol. The van der Waals surface area contributed by atoms with Gasteiger partial charge in [-0.3, -0.25) is 0 Å². The van der Waals surface area contributed by atoms with Crippen LogP contribution in [-0.4, -0.2) is 4.98 Å². The van der Waals surface area contributed by atoms with Crippen LogP contribution in [0.5, 0.6) is 0 Å². The van der Waals surface area contributed by atoms with E-state index in [1.807, 2.05) is 18.2 Å². The van der Waals surface area contributed by atoms with Crippen molar-refractivity contribution in [2.24, 2.45) is 0 Å². The van der Waals surface area contributed by atoms with E-state index in [4.69, 9.17) is 4.42 Å². The lowest BCUT2D eigenvalue weighted by Gasteiger charge is -2.04. The molecule has 2 heterocycles. The normalized spacial score (nSPS) is 10.1. The van der Waals surface area contributed by atoms with Gasteiger partial charge in [-0.25, -0.2) is 4.98 Å². The molecule has 0 bridgehead atoms. The molecular formula is C10H9IN2O. The number of nitrogens with one attached hydrogen (secondary N) is 1. The minimum absolute atomic E-state index is 0.740. The monoisotopic (exact) mass is 300 g/mol. The van der Waals surface area contributed by atoms with Gasteiger partial charge in [-0.15, -0.1) is 0 Å². The molecule has 0 saturated heterocycles. The molecular weight excluding hydrogens is 291 g/mol. The zero-order valence-corrected chi connectivity index (χ0v) is 9.56. The van der Waals surface area contributed by atoms with Gasteiger partial charge in [-0.1, -0.05) is 0 Å². The molecule has 0 spiro atoms. The number of halogens is 1. The van der Waals surface area contributed by atoms with Gasteiger partial charge in [0, 0.05) is 18.3 Å². The van der Waals surface area contributed by atoms with Crippen LogP contribution in [0.3, 0.4) is 0 Å². The number of hydrogen-bond acceptors (Lipinski definition) is 3. The van der Waals surface area contributed by atoms with Crippen LogP contribution < -0.4 is 5.32 Å². The highest BCUT2D eigenvalue weighted by Crippen LogP contribution is 2.14. The maximum absolute atomic E-state index is 4.97. The SMILES string of the molecule is Ic1cccnc1NCc1ccoc1. The van der Waals surface area contributed by atoms with Gasteiger partial charge >= 0.3 is 0 Å². The van der Waals surface area contributed by atoms with Crippen molar-refractivity contribution < 1.29 is 4.42 Å². The van der Waals surface area contributed by atoms with Crippen molar-refractivity contribution in [2.45, 2.75) is 6.54 Å². The second-order valence-corrected chi connectivity index (χ2v) is 3.98. The van der Waals surface area contributed by atoms with Gasteiger partial charge in [0.25, 0.3) is 0 Å². The zero-order valence-electron chi connectivity index (χ0n) is 7.40. The second kappa shape index (κ2) is 4.45. The van der Waals surface area contributed by atoms with Crippen LogP contribution in [0.1, 0.15) is 5.56 Å². The summed E-state index contributed by atoms with van der Waals surface area (Å²) in [6.07, 6.45) is 5.17. The van der Waals surface area contributed by atoms with Crippen molar-refractivity contribution in [2.75, 3.05) is 5.32 Å². The highest BCUT2D eigenvalue weighted by molar-refractivity contribution is 14.1. The number of rotatable bonds is 3. The van der Waals surface area contributed by atoms with Gasteiger partial charge in [0.2, 0.25) is 0 Å². The third-order valence-electron chi connectivity index (χ3n) is 1.80. The van der Waals surface area contributed by atoms with Crippen LogP contribution in [0, 0.1) is 3.57 Å². The zero-order chi connectivity index (χ0) is 9.80. The molecule has 0 aromatic carbocycles. The first-order chi connectivity index (χ1) is 6.86. The Morgan fingerprint density at radius 2 is 2.36 bits per heavy atom. The molecule has 0 saturated carbocycles. The molecule has 0 aliphatic heterocycles. The van der Waals surface area contributed by atoms with E-state index in [-0.39, 0.29) is 0 Å². The van der Waals surface area contributed by atoms with Crippen molar-refractivity contribution in [1.29, 1.82) is 0 Å². The molecule has 0 fully saturated rings. The fraction of sp³-hybridized carbons (Fsp3) is 0.100. The number of aromatic nitrogens is 1. The van der Waals surface area contributed by atoms with E-state index in [0.717, 1.165) is 21.5 Å². The summed E-state index contributed by atoms with van der Waals surface area (Å²) in [6.45, 7) is 0.740. The van der Waals surface area contributed by atoms with Crippen LogP contribution in [0.2, 0.25) is 0 Å². The fourth-order valence-electron chi connectivity index (χ4n) is 1.09. The van der Waals surface area contributed by atoms with Crippen LogP contribution in [0.25, 0.3) is 0 Å². The Hall–Kier alpha value is -1.04. The Morgan fingerprint density at radius 3 is 3.07 bits per heavy atom. The predicted octanol–water partition coefficient (Wildman–Crippen LogP) is 2.89. The summed E-state index contributed by atoms with van der Waals surface area (Å²) in [5, 5.41) is 3.24. The molecule has 0 aliphatic carbocycles. The van der Waals surface area contributed by atoms with Gasteiger partial charge in [-0.05, 0) is 40.8 Å². The Kier molecular flexibility index (Phi) is 3.03. The fourth-order valence-corrected chi connectivity index (χ4v) is 1.63. The van der Waals surface area contributed by atoms with Crippen LogP contribution in [-0.2, 0) is 6.54 Å². The summed E-state index contributed by atoms with van der Waals surface area (Å²) in [5.41, 5.74) is 1.12. The van der Waals surface area contributed by atoms with Crippen LogP contribution >= 0.6 is 22.6 Å². The number of anilines is 1. The lowest BCUT2D eigenvalue weighted by atomic mass is 10.3. The molecule has 2 aromatic rings. The second-order valence-electron chi connectivity index (χ2n) is 2.82. The number of nitrogens with zero attached hydrogens (tertiary/aromatic N) is 1. The maximum atomic E-state index is 4.97. The summed E-state index contributed by atoms with van der Waals surface area (Å²) in [5.74, 6) is 0.911. The van der Waals surface area contributed by atoms with E-state index >= 15 is 0 Å². The van der Waals surface area contributed by atoms with Crippen LogP contribution in [0.15, 0.2) is 41.3 Å². The Bertz CT molecular complexity index is 400. The van der Waals surface area contributed by atoms with Crippen molar-refractivity contribution in [3.05, 3.63) is 46.1 Å². The maximum Gasteiger partial charge on any atom is 0.139 e. The smallest absolute Gasteiger partial charge is 0.139 e. The van der Waals surface area contributed by atoms with E-state index in [2.05, 4.69) is 32.9 Å². The number of hydrogen-bond donors (Lipinski definition) is 1. The van der Waals surface area contributed by atoms with Gasteiger partial charge in [0.15, 0.2) is 0 Å². The molecule has 2 aromatic heterocycles. The molecule has 0 radical (unpaired) electrons. The summed E-state index contributed by atoms with van der Waals surface area (Å²) in [4.78, 5) is 4.23. The molecule has 2 rings (SSSR count). The lowest BCUT2D eigenvalue weighted by Crippen LogP contribution is -2.01. The number of pyridine rings is 1. The summed E-state index contributed by atoms with van der Waals surface area (Å²) < 4.78 is 6.09. The van der Waals surface area contributed by atoms with E-state index in [0.29, 0.717) is 0 Å². The molecule has 14 heavy (non-hydrogen) atoms. The first-order valence-electron chi connectivity index (χ1n) is 4.22. The molecule has 0 amide bonds. The van der Waals surface area contributed by atoms with E-state index < -0.39 is 0 Å². The quantitative estimate of drug-likeness (QED) is 0.886. The molecule has 0 atom stereocenters. The topological polar surface area (TPSA) is 38.1 Å². The minimum atomic E-state index is 0.740. The third kappa shape index (κ3) is 2.25. The molecule has 4 heteroatoms. The Labute approximate surface area is 95.7 Å². The molecule has 72 valence electrons. The van der Waals surface area contributed by atoms with E-state index in [1.165, 1.54) is 0 Å². The van der Waals surface area contributed by atoms with Crippen molar-refractivity contribution in [3.63, 3.8) is 0 Å². The summed E-state index contributed by atoms with van der Waals surface area (Å²) >= 11 is 2.25. The van der Waals surface area contributed by atoms with Crippen molar-refractivity contribution in [3.8, 4) is 0 Å². The Morgan fingerprint density at radius 1 is 1.43 bits per heavy atom.